The van der Waals surface area contributed by atoms with Gasteiger partial charge in [-0.1, -0.05) is 27.7 Å². The topological polar surface area (TPSA) is 93.2 Å². The molecule has 0 unspecified atom stereocenters. The van der Waals surface area contributed by atoms with Gasteiger partial charge in [-0.25, -0.2) is 17.6 Å². The van der Waals surface area contributed by atoms with Crippen LogP contribution in [0.4, 0.5) is 17.6 Å². The Labute approximate surface area is 244 Å². The van der Waals surface area contributed by atoms with E-state index < -0.39 is 43.9 Å². The summed E-state index contributed by atoms with van der Waals surface area (Å²) >= 11 is 12.3. The largest absolute Gasteiger partial charge is 0.493 e. The van der Waals surface area contributed by atoms with Gasteiger partial charge in [0.25, 0.3) is 10.0 Å². The molecule has 2 aliphatic rings. The number of nitrogens with zero attached hydrogens (tertiary/aromatic N) is 2. The first-order valence-electron chi connectivity index (χ1n) is 12.6. The van der Waals surface area contributed by atoms with E-state index >= 15 is 4.39 Å². The molecule has 15 heteroatoms. The van der Waals surface area contributed by atoms with Gasteiger partial charge in [-0.05, 0) is 80.5 Å². The number of halogens is 6. The smallest absolute Gasteiger partial charge is 0.488 e. The van der Waals surface area contributed by atoms with Crippen LogP contribution in [0.5, 0.6) is 5.75 Å². The molecule has 0 radical (unpaired) electrons. The first kappa shape index (κ1) is 31.3. The molecule has 0 aromatic heterocycles. The fourth-order valence-corrected chi connectivity index (χ4v) is 5.87. The lowest BCUT2D eigenvalue weighted by molar-refractivity contribution is -0.216. The molecule has 1 saturated carbocycles. The molecule has 0 spiro atoms. The van der Waals surface area contributed by atoms with E-state index in [9.17, 15) is 31.2 Å². The van der Waals surface area contributed by atoms with E-state index in [2.05, 4.69) is 9.74 Å². The van der Waals surface area contributed by atoms with Crippen LogP contribution >= 0.6 is 23.2 Å². The molecule has 0 N–H and O–H groups in total. The number of likely N-dealkylation sites (tertiary alicyclic amines) is 1. The predicted molar refractivity (Wildman–Crippen MR) is 142 cm³/mol. The molecule has 1 amide bonds. The van der Waals surface area contributed by atoms with E-state index in [1.807, 2.05) is 19.1 Å². The van der Waals surface area contributed by atoms with Gasteiger partial charge in [0.05, 0.1) is 11.8 Å². The van der Waals surface area contributed by atoms with Gasteiger partial charge in [0.15, 0.2) is 0 Å². The molecule has 4 rings (SSSR count). The standard InChI is InChI=1S/C26H26Cl2F4N2O6S/c1-14-22(4-3-7-33(14)13-15-8-17(27)10-18(28)9-15)39-23-12-21(29)20(11-19(23)16-5-6-16)24(35)34(41(2,37)38)40-25(36)26(30,31)32/h8-12,14,16,22H,3-7,13H2,1-2H3/t14-,22+/m0/s1. The summed E-state index contributed by atoms with van der Waals surface area (Å²) in [5.74, 6) is -5.97. The molecule has 8 nitrogen and oxygen atoms in total. The molecule has 1 aliphatic heterocycles. The molecule has 2 atom stereocenters. The molecule has 1 saturated heterocycles. The minimum absolute atomic E-state index is 0.125. The average Bonchev–Trinajstić information content (AvgIpc) is 3.68. The van der Waals surface area contributed by atoms with Crippen LogP contribution in [-0.2, 0) is 26.2 Å². The van der Waals surface area contributed by atoms with Crippen molar-refractivity contribution in [3.63, 3.8) is 0 Å². The second-order valence-corrected chi connectivity index (χ2v) is 12.8. The van der Waals surface area contributed by atoms with Crippen LogP contribution in [0.1, 0.15) is 60.0 Å². The highest BCUT2D eigenvalue weighted by molar-refractivity contribution is 7.88. The van der Waals surface area contributed by atoms with Crippen molar-refractivity contribution in [2.24, 2.45) is 0 Å². The third-order valence-corrected chi connectivity index (χ3v) is 8.12. The number of benzene rings is 2. The third-order valence-electron chi connectivity index (χ3n) is 6.85. The lowest BCUT2D eigenvalue weighted by Crippen LogP contribution is -2.48. The van der Waals surface area contributed by atoms with E-state index in [1.165, 1.54) is 0 Å². The summed E-state index contributed by atoms with van der Waals surface area (Å²) in [7, 11) is -4.86. The van der Waals surface area contributed by atoms with Gasteiger partial charge < -0.3 is 9.57 Å². The van der Waals surface area contributed by atoms with Crippen molar-refractivity contribution in [1.82, 2.24) is 9.37 Å². The highest BCUT2D eigenvalue weighted by Crippen LogP contribution is 2.46. The van der Waals surface area contributed by atoms with E-state index in [0.29, 0.717) is 47.7 Å². The van der Waals surface area contributed by atoms with Crippen molar-refractivity contribution >= 4 is 45.1 Å². The normalized spacial score (nSPS) is 20.0. The second-order valence-electron chi connectivity index (χ2n) is 10.1. The summed E-state index contributed by atoms with van der Waals surface area (Å²) in [4.78, 5) is 30.1. The van der Waals surface area contributed by atoms with Gasteiger partial charge in [0, 0.05) is 28.7 Å². The maximum Gasteiger partial charge on any atom is 0.493 e. The maximum absolute atomic E-state index is 15.3. The van der Waals surface area contributed by atoms with Crippen molar-refractivity contribution in [2.45, 2.75) is 63.4 Å². The average molecular weight is 641 g/mol. The Morgan fingerprint density at radius 1 is 1.07 bits per heavy atom. The molecular weight excluding hydrogens is 615 g/mol. The van der Waals surface area contributed by atoms with Crippen LogP contribution < -0.4 is 4.74 Å². The number of hydroxylamine groups is 1. The van der Waals surface area contributed by atoms with Gasteiger partial charge >= 0.3 is 18.1 Å². The number of hydrogen-bond donors (Lipinski definition) is 0. The van der Waals surface area contributed by atoms with Gasteiger partial charge in [-0.15, -0.1) is 0 Å². The number of alkyl halides is 3. The lowest BCUT2D eigenvalue weighted by Gasteiger charge is -2.39. The zero-order chi connectivity index (χ0) is 30.3. The number of amides is 1. The number of ether oxygens (including phenoxy) is 1. The Morgan fingerprint density at radius 3 is 2.27 bits per heavy atom. The quantitative estimate of drug-likeness (QED) is 0.276. The minimum Gasteiger partial charge on any atom is -0.488 e. The first-order chi connectivity index (χ1) is 19.0. The van der Waals surface area contributed by atoms with Gasteiger partial charge in [0.1, 0.15) is 17.7 Å². The molecule has 2 aromatic rings. The van der Waals surface area contributed by atoms with E-state index in [0.717, 1.165) is 30.7 Å². The summed E-state index contributed by atoms with van der Waals surface area (Å²) in [5.41, 5.74) is 0.427. The molecule has 2 fully saturated rings. The molecule has 224 valence electrons. The lowest BCUT2D eigenvalue weighted by atomic mass is 9.98. The highest BCUT2D eigenvalue weighted by atomic mass is 35.5. The SMILES string of the molecule is C[C@H]1[C@H](Oc2cc(F)c(C(=O)N(OC(=O)C(F)(F)F)S(C)(=O)=O)cc2C2CC2)CCCN1Cc1cc(Cl)cc(Cl)c1. The zero-order valence-electron chi connectivity index (χ0n) is 21.9. The zero-order valence-corrected chi connectivity index (χ0v) is 24.2. The molecule has 41 heavy (non-hydrogen) atoms. The summed E-state index contributed by atoms with van der Waals surface area (Å²) in [6.07, 6.45) is -2.85. The van der Waals surface area contributed by atoms with Crippen molar-refractivity contribution in [3.8, 4) is 5.75 Å². The Bertz CT molecular complexity index is 1430. The molecule has 0 bridgehead atoms. The van der Waals surface area contributed by atoms with Crippen LogP contribution in [0.3, 0.4) is 0 Å². The second kappa shape index (κ2) is 11.9. The number of carbonyl (C=O) groups excluding carboxylic acids is 2. The summed E-state index contributed by atoms with van der Waals surface area (Å²) < 4.78 is 82.9. The van der Waals surface area contributed by atoms with Crippen molar-refractivity contribution in [3.05, 3.63) is 62.9 Å². The molecule has 1 aliphatic carbocycles. The van der Waals surface area contributed by atoms with Crippen LogP contribution in [0.25, 0.3) is 0 Å². The Hall–Kier alpha value is -2.61. The van der Waals surface area contributed by atoms with Crippen LogP contribution in [0.15, 0.2) is 30.3 Å². The summed E-state index contributed by atoms with van der Waals surface area (Å²) in [5, 5.41) is 1.01. The first-order valence-corrected chi connectivity index (χ1v) is 15.2. The van der Waals surface area contributed by atoms with E-state index in [-0.39, 0.29) is 23.8 Å². The third kappa shape index (κ3) is 7.62. The Morgan fingerprint density at radius 2 is 1.71 bits per heavy atom. The molecular formula is C26H26Cl2F4N2O6S. The fraction of sp³-hybridized carbons (Fsp3) is 0.462. The number of rotatable bonds is 7. The number of hydrogen-bond acceptors (Lipinski definition) is 7. The summed E-state index contributed by atoms with van der Waals surface area (Å²) in [6, 6.07) is 7.09. The number of sulfonamides is 1. The molecule has 2 aromatic carbocycles. The number of carbonyl (C=O) groups is 2. The molecule has 1 heterocycles. The fourth-order valence-electron chi connectivity index (χ4n) is 4.69. The van der Waals surface area contributed by atoms with Gasteiger partial charge in [0.2, 0.25) is 0 Å². The van der Waals surface area contributed by atoms with E-state index in [1.54, 1.807) is 6.07 Å². The highest BCUT2D eigenvalue weighted by Gasteiger charge is 2.46. The summed E-state index contributed by atoms with van der Waals surface area (Å²) in [6.45, 7) is 3.26. The van der Waals surface area contributed by atoms with Gasteiger partial charge in [-0.3, -0.25) is 9.69 Å². The van der Waals surface area contributed by atoms with Crippen molar-refractivity contribution in [1.29, 1.82) is 0 Å². The minimum atomic E-state index is -5.59. The Kier molecular flexibility index (Phi) is 9.13. The van der Waals surface area contributed by atoms with Crippen LogP contribution in [0, 0.1) is 5.82 Å². The number of piperidine rings is 1. The van der Waals surface area contributed by atoms with Crippen LogP contribution in [-0.4, -0.2) is 60.8 Å². The van der Waals surface area contributed by atoms with Crippen LogP contribution in [0.2, 0.25) is 10.0 Å². The van der Waals surface area contributed by atoms with E-state index in [4.69, 9.17) is 27.9 Å². The predicted octanol–water partition coefficient (Wildman–Crippen LogP) is 5.86. The maximum atomic E-state index is 15.3. The Balaban J connectivity index is 1.58. The van der Waals surface area contributed by atoms with Gasteiger partial charge in [-0.2, -0.15) is 13.2 Å². The van der Waals surface area contributed by atoms with Crippen molar-refractivity contribution < 1.29 is 45.1 Å². The monoisotopic (exact) mass is 640 g/mol. The van der Waals surface area contributed by atoms with Crippen molar-refractivity contribution in [2.75, 3.05) is 12.8 Å².